The summed E-state index contributed by atoms with van der Waals surface area (Å²) in [5.41, 5.74) is -0.809. The predicted molar refractivity (Wildman–Crippen MR) is 121 cm³/mol. The SMILES string of the molecule is CCOC(=O)c1ccc(NC(=O)C(CC)n2c(=O)c(C(F)(F)F)nc3cc(C)c(C)cc32)cc1. The molecule has 0 aliphatic rings. The third kappa shape index (κ3) is 4.95. The molecule has 34 heavy (non-hydrogen) atoms. The summed E-state index contributed by atoms with van der Waals surface area (Å²) in [5, 5.41) is 2.61. The van der Waals surface area contributed by atoms with Crippen LogP contribution in [0.3, 0.4) is 0 Å². The number of anilines is 1. The van der Waals surface area contributed by atoms with Gasteiger partial charge in [-0.1, -0.05) is 6.92 Å². The highest BCUT2D eigenvalue weighted by Gasteiger charge is 2.38. The highest BCUT2D eigenvalue weighted by molar-refractivity contribution is 5.96. The normalized spacial score (nSPS) is 12.4. The van der Waals surface area contributed by atoms with Crippen molar-refractivity contribution in [2.24, 2.45) is 0 Å². The van der Waals surface area contributed by atoms with Crippen LogP contribution in [0.2, 0.25) is 0 Å². The van der Waals surface area contributed by atoms with Crippen molar-refractivity contribution < 1.29 is 27.5 Å². The van der Waals surface area contributed by atoms with Crippen molar-refractivity contribution in [3.05, 3.63) is 69.1 Å². The number of hydrogen-bond acceptors (Lipinski definition) is 5. The van der Waals surface area contributed by atoms with E-state index in [4.69, 9.17) is 4.74 Å². The topological polar surface area (TPSA) is 90.3 Å². The van der Waals surface area contributed by atoms with E-state index in [0.717, 1.165) is 10.1 Å². The number of halogens is 3. The molecule has 0 spiro atoms. The Labute approximate surface area is 193 Å². The quantitative estimate of drug-likeness (QED) is 0.518. The Morgan fingerprint density at radius 2 is 1.71 bits per heavy atom. The molecule has 1 heterocycles. The molecule has 0 saturated heterocycles. The molecule has 1 N–H and O–H groups in total. The van der Waals surface area contributed by atoms with Gasteiger partial charge in [-0.3, -0.25) is 14.2 Å². The third-order valence-electron chi connectivity index (χ3n) is 5.44. The summed E-state index contributed by atoms with van der Waals surface area (Å²) in [6.45, 7) is 6.97. The number of carbonyl (C=O) groups is 2. The van der Waals surface area contributed by atoms with Crippen molar-refractivity contribution in [1.29, 1.82) is 0 Å². The highest BCUT2D eigenvalue weighted by atomic mass is 19.4. The molecule has 0 aliphatic carbocycles. The van der Waals surface area contributed by atoms with E-state index in [9.17, 15) is 27.6 Å². The van der Waals surface area contributed by atoms with Gasteiger partial charge < -0.3 is 10.1 Å². The zero-order chi connectivity index (χ0) is 25.2. The van der Waals surface area contributed by atoms with E-state index in [2.05, 4.69) is 10.3 Å². The van der Waals surface area contributed by atoms with Crippen LogP contribution in [0.5, 0.6) is 0 Å². The van der Waals surface area contributed by atoms with Crippen LogP contribution in [0.25, 0.3) is 11.0 Å². The van der Waals surface area contributed by atoms with Crippen molar-refractivity contribution in [2.75, 3.05) is 11.9 Å². The van der Waals surface area contributed by atoms with Crippen LogP contribution in [-0.2, 0) is 15.7 Å². The third-order valence-corrected chi connectivity index (χ3v) is 5.44. The van der Waals surface area contributed by atoms with Gasteiger partial charge in [0.05, 0.1) is 23.2 Å². The second-order valence-corrected chi connectivity index (χ2v) is 7.77. The fourth-order valence-electron chi connectivity index (χ4n) is 3.57. The minimum atomic E-state index is -4.98. The zero-order valence-electron chi connectivity index (χ0n) is 19.1. The molecule has 1 atom stereocenters. The lowest BCUT2D eigenvalue weighted by molar-refractivity contribution is -0.142. The summed E-state index contributed by atoms with van der Waals surface area (Å²) in [5.74, 6) is -1.20. The molecule has 10 heteroatoms. The molecule has 1 aromatic heterocycles. The molecule has 3 aromatic rings. The number of nitrogens with zero attached hydrogens (tertiary/aromatic N) is 2. The maximum Gasteiger partial charge on any atom is 0.438 e. The number of hydrogen-bond donors (Lipinski definition) is 1. The average molecular weight is 475 g/mol. The number of aromatic nitrogens is 2. The number of nitrogens with one attached hydrogen (secondary N) is 1. The Bertz CT molecular complexity index is 1300. The van der Waals surface area contributed by atoms with Crippen LogP contribution in [0.1, 0.15) is 53.5 Å². The van der Waals surface area contributed by atoms with E-state index in [0.29, 0.717) is 11.3 Å². The van der Waals surface area contributed by atoms with E-state index < -0.39 is 35.3 Å². The molecule has 1 amide bonds. The first-order valence-corrected chi connectivity index (χ1v) is 10.7. The minimum Gasteiger partial charge on any atom is -0.462 e. The molecular weight excluding hydrogens is 451 g/mol. The predicted octanol–water partition coefficient (Wildman–Crippen LogP) is 4.80. The van der Waals surface area contributed by atoms with Gasteiger partial charge in [-0.25, -0.2) is 9.78 Å². The summed E-state index contributed by atoms with van der Waals surface area (Å²) < 4.78 is 46.6. The molecule has 3 rings (SSSR count). The standard InChI is InChI=1S/C24H24F3N3O4/c1-5-18(21(31)28-16-9-7-15(8-10-16)23(33)34-6-2)30-19-12-14(4)13(3)11-17(19)29-20(22(30)32)24(25,26)27/h7-12,18H,5-6H2,1-4H3,(H,28,31). The van der Waals surface area contributed by atoms with Crippen LogP contribution >= 0.6 is 0 Å². The second-order valence-electron chi connectivity index (χ2n) is 7.77. The lowest BCUT2D eigenvalue weighted by Crippen LogP contribution is -2.37. The number of alkyl halides is 3. The largest absolute Gasteiger partial charge is 0.462 e. The number of aryl methyl sites for hydroxylation is 2. The highest BCUT2D eigenvalue weighted by Crippen LogP contribution is 2.29. The molecule has 0 bridgehead atoms. The number of ether oxygens (including phenoxy) is 1. The summed E-state index contributed by atoms with van der Waals surface area (Å²) in [6.07, 6.45) is -4.93. The molecule has 0 radical (unpaired) electrons. The zero-order valence-corrected chi connectivity index (χ0v) is 19.1. The van der Waals surface area contributed by atoms with Gasteiger partial charge >= 0.3 is 12.1 Å². The van der Waals surface area contributed by atoms with Gasteiger partial charge in [0.1, 0.15) is 6.04 Å². The van der Waals surface area contributed by atoms with Crippen molar-refractivity contribution >= 4 is 28.6 Å². The van der Waals surface area contributed by atoms with Gasteiger partial charge in [0.15, 0.2) is 0 Å². The van der Waals surface area contributed by atoms with Crippen LogP contribution in [-0.4, -0.2) is 28.0 Å². The first-order chi connectivity index (χ1) is 16.0. The van der Waals surface area contributed by atoms with Gasteiger partial charge in [-0.2, -0.15) is 13.2 Å². The number of esters is 1. The lowest BCUT2D eigenvalue weighted by Gasteiger charge is -2.22. The second kappa shape index (κ2) is 9.66. The van der Waals surface area contributed by atoms with E-state index in [-0.39, 0.29) is 29.6 Å². The summed E-state index contributed by atoms with van der Waals surface area (Å²) >= 11 is 0. The van der Waals surface area contributed by atoms with E-state index in [1.54, 1.807) is 33.8 Å². The maximum atomic E-state index is 13.6. The van der Waals surface area contributed by atoms with Crippen molar-refractivity contribution in [1.82, 2.24) is 9.55 Å². The van der Waals surface area contributed by atoms with Gasteiger partial charge in [0, 0.05) is 5.69 Å². The van der Waals surface area contributed by atoms with Gasteiger partial charge in [-0.05, 0) is 74.7 Å². The van der Waals surface area contributed by atoms with Crippen LogP contribution in [0.15, 0.2) is 41.2 Å². The molecule has 0 fully saturated rings. The first-order valence-electron chi connectivity index (χ1n) is 10.7. The molecule has 180 valence electrons. The number of carbonyl (C=O) groups excluding carboxylic acids is 2. The number of rotatable bonds is 6. The summed E-state index contributed by atoms with van der Waals surface area (Å²) in [4.78, 5) is 41.4. The number of benzene rings is 2. The first kappa shape index (κ1) is 24.9. The Balaban J connectivity index is 2.06. The lowest BCUT2D eigenvalue weighted by atomic mass is 10.1. The Morgan fingerprint density at radius 1 is 1.09 bits per heavy atom. The fraction of sp³-hybridized carbons (Fsp3) is 0.333. The Morgan fingerprint density at radius 3 is 2.26 bits per heavy atom. The molecular formula is C24H24F3N3O4. The Kier molecular flexibility index (Phi) is 7.09. The van der Waals surface area contributed by atoms with Crippen molar-refractivity contribution in [2.45, 2.75) is 46.3 Å². The minimum absolute atomic E-state index is 0.0277. The average Bonchev–Trinajstić information content (AvgIpc) is 2.76. The smallest absolute Gasteiger partial charge is 0.438 e. The van der Waals surface area contributed by atoms with Crippen LogP contribution in [0.4, 0.5) is 18.9 Å². The van der Waals surface area contributed by atoms with Crippen molar-refractivity contribution in [3.63, 3.8) is 0 Å². The summed E-state index contributed by atoms with van der Waals surface area (Å²) in [6, 6.07) is 7.65. The van der Waals surface area contributed by atoms with Crippen LogP contribution in [0, 0.1) is 13.8 Å². The molecule has 0 saturated carbocycles. The molecule has 2 aromatic carbocycles. The van der Waals surface area contributed by atoms with E-state index in [1.807, 2.05) is 0 Å². The molecule has 1 unspecified atom stereocenters. The fourth-order valence-corrected chi connectivity index (χ4v) is 3.57. The van der Waals surface area contributed by atoms with Crippen LogP contribution < -0.4 is 10.9 Å². The Hall–Kier alpha value is -3.69. The number of fused-ring (bicyclic) bond motifs is 1. The van der Waals surface area contributed by atoms with E-state index >= 15 is 0 Å². The van der Waals surface area contributed by atoms with Gasteiger partial charge in [-0.15, -0.1) is 0 Å². The maximum absolute atomic E-state index is 13.6. The molecule has 0 aliphatic heterocycles. The number of amides is 1. The molecule has 7 nitrogen and oxygen atoms in total. The summed E-state index contributed by atoms with van der Waals surface area (Å²) in [7, 11) is 0. The van der Waals surface area contributed by atoms with Gasteiger partial charge in [0.2, 0.25) is 11.6 Å². The van der Waals surface area contributed by atoms with E-state index in [1.165, 1.54) is 30.3 Å². The monoisotopic (exact) mass is 475 g/mol. The van der Waals surface area contributed by atoms with Gasteiger partial charge in [0.25, 0.3) is 5.56 Å². The van der Waals surface area contributed by atoms with Crippen molar-refractivity contribution in [3.8, 4) is 0 Å².